The summed E-state index contributed by atoms with van der Waals surface area (Å²) in [5.41, 5.74) is 0.959. The van der Waals surface area contributed by atoms with Gasteiger partial charge in [-0.25, -0.2) is 0 Å². The fourth-order valence-corrected chi connectivity index (χ4v) is 1.31. The van der Waals surface area contributed by atoms with Gasteiger partial charge in [0, 0.05) is 12.3 Å². The summed E-state index contributed by atoms with van der Waals surface area (Å²) in [6.45, 7) is -0.00886. The van der Waals surface area contributed by atoms with Crippen LogP contribution in [0.1, 0.15) is 17.9 Å². The van der Waals surface area contributed by atoms with Crippen LogP contribution in [0.5, 0.6) is 5.75 Å². The van der Waals surface area contributed by atoms with Crippen LogP contribution in [0, 0.1) is 0 Å². The van der Waals surface area contributed by atoms with Crippen LogP contribution in [-0.4, -0.2) is 25.1 Å². The molecule has 3 heteroatoms. The van der Waals surface area contributed by atoms with Crippen molar-refractivity contribution < 1.29 is 14.6 Å². The summed E-state index contributed by atoms with van der Waals surface area (Å²) in [7, 11) is 1.60. The van der Waals surface area contributed by atoms with Crippen LogP contribution >= 0.6 is 0 Å². The van der Waals surface area contributed by atoms with Gasteiger partial charge in [0.05, 0.1) is 13.7 Å². The Morgan fingerprint density at radius 1 is 1.43 bits per heavy atom. The molecular formula is C11H14O3. The zero-order valence-electron chi connectivity index (χ0n) is 8.14. The van der Waals surface area contributed by atoms with Crippen molar-refractivity contribution in [2.45, 2.75) is 12.3 Å². The highest BCUT2D eigenvalue weighted by molar-refractivity contribution is 5.51. The third-order valence-electron chi connectivity index (χ3n) is 2.19. The van der Waals surface area contributed by atoms with Crippen LogP contribution in [0.25, 0.3) is 0 Å². The van der Waals surface area contributed by atoms with Crippen molar-refractivity contribution in [1.29, 1.82) is 0 Å². The maximum atomic E-state index is 10.3. The first-order chi connectivity index (χ1) is 6.81. The standard InChI is InChI=1S/C11H14O3/c1-14-11-4-2-9(3-5-11)10(8-13)6-7-12/h2-5,7,10,13H,6,8H2,1H3. The van der Waals surface area contributed by atoms with Gasteiger partial charge in [-0.2, -0.15) is 0 Å². The van der Waals surface area contributed by atoms with E-state index in [1.807, 2.05) is 24.3 Å². The number of methoxy groups -OCH3 is 1. The summed E-state index contributed by atoms with van der Waals surface area (Å²) in [6, 6.07) is 7.37. The predicted octanol–water partition coefficient (Wildman–Crippen LogP) is 1.36. The Bertz CT molecular complexity index is 279. The molecule has 0 bridgehead atoms. The molecule has 0 saturated carbocycles. The van der Waals surface area contributed by atoms with E-state index in [1.165, 1.54) is 0 Å². The normalized spacial score (nSPS) is 12.1. The average Bonchev–Trinajstić information content (AvgIpc) is 2.26. The summed E-state index contributed by atoms with van der Waals surface area (Å²) in [5.74, 6) is 0.676. The van der Waals surface area contributed by atoms with E-state index in [4.69, 9.17) is 9.84 Å². The second kappa shape index (κ2) is 5.40. The first kappa shape index (κ1) is 10.7. The van der Waals surface area contributed by atoms with E-state index in [0.717, 1.165) is 17.6 Å². The Balaban J connectivity index is 2.77. The SMILES string of the molecule is COc1ccc(C(CO)CC=O)cc1. The third kappa shape index (κ3) is 2.57. The topological polar surface area (TPSA) is 46.5 Å². The third-order valence-corrected chi connectivity index (χ3v) is 2.19. The van der Waals surface area contributed by atoms with Crippen LogP contribution in [-0.2, 0) is 4.79 Å². The minimum Gasteiger partial charge on any atom is -0.497 e. The van der Waals surface area contributed by atoms with Gasteiger partial charge < -0.3 is 14.6 Å². The highest BCUT2D eigenvalue weighted by atomic mass is 16.5. The molecule has 0 radical (unpaired) electrons. The van der Waals surface area contributed by atoms with E-state index in [9.17, 15) is 4.79 Å². The molecule has 0 spiro atoms. The Morgan fingerprint density at radius 3 is 2.50 bits per heavy atom. The first-order valence-corrected chi connectivity index (χ1v) is 4.50. The molecule has 0 aliphatic rings. The van der Waals surface area contributed by atoms with E-state index in [-0.39, 0.29) is 12.5 Å². The van der Waals surface area contributed by atoms with Gasteiger partial charge in [-0.1, -0.05) is 12.1 Å². The number of carbonyl (C=O) groups excluding carboxylic acids is 1. The van der Waals surface area contributed by atoms with Crippen molar-refractivity contribution >= 4 is 6.29 Å². The van der Waals surface area contributed by atoms with Crippen LogP contribution < -0.4 is 4.74 Å². The summed E-state index contributed by atoms with van der Waals surface area (Å²) >= 11 is 0. The van der Waals surface area contributed by atoms with E-state index in [0.29, 0.717) is 6.42 Å². The summed E-state index contributed by atoms with van der Waals surface area (Å²) in [5, 5.41) is 9.05. The molecule has 14 heavy (non-hydrogen) atoms. The second-order valence-corrected chi connectivity index (χ2v) is 3.06. The van der Waals surface area contributed by atoms with Gasteiger partial charge in [-0.3, -0.25) is 0 Å². The minimum atomic E-state index is -0.0987. The second-order valence-electron chi connectivity index (χ2n) is 3.06. The lowest BCUT2D eigenvalue weighted by Crippen LogP contribution is -2.04. The lowest BCUT2D eigenvalue weighted by Gasteiger charge is -2.11. The molecule has 1 atom stereocenters. The van der Waals surface area contributed by atoms with Gasteiger partial charge in [0.15, 0.2) is 0 Å². The zero-order chi connectivity index (χ0) is 10.4. The van der Waals surface area contributed by atoms with Crippen molar-refractivity contribution in [3.8, 4) is 5.75 Å². The number of benzene rings is 1. The average molecular weight is 194 g/mol. The Morgan fingerprint density at radius 2 is 2.07 bits per heavy atom. The molecule has 1 rings (SSSR count). The summed E-state index contributed by atoms with van der Waals surface area (Å²) < 4.78 is 5.01. The van der Waals surface area contributed by atoms with Crippen molar-refractivity contribution in [2.75, 3.05) is 13.7 Å². The molecule has 0 aliphatic carbocycles. The van der Waals surface area contributed by atoms with Gasteiger partial charge in [0.1, 0.15) is 12.0 Å². The molecule has 0 saturated heterocycles. The molecule has 0 aromatic heterocycles. The number of hydrogen-bond acceptors (Lipinski definition) is 3. The number of rotatable bonds is 5. The number of aldehydes is 1. The van der Waals surface area contributed by atoms with Crippen molar-refractivity contribution in [2.24, 2.45) is 0 Å². The monoisotopic (exact) mass is 194 g/mol. The molecule has 0 amide bonds. The first-order valence-electron chi connectivity index (χ1n) is 4.50. The van der Waals surface area contributed by atoms with E-state index >= 15 is 0 Å². The van der Waals surface area contributed by atoms with Crippen molar-refractivity contribution in [1.82, 2.24) is 0 Å². The fourth-order valence-electron chi connectivity index (χ4n) is 1.31. The fraction of sp³-hybridized carbons (Fsp3) is 0.364. The van der Waals surface area contributed by atoms with Crippen LogP contribution in [0.3, 0.4) is 0 Å². The minimum absolute atomic E-state index is 0.00886. The molecular weight excluding hydrogens is 180 g/mol. The summed E-state index contributed by atoms with van der Waals surface area (Å²) in [4.78, 5) is 10.3. The molecule has 3 nitrogen and oxygen atoms in total. The van der Waals surface area contributed by atoms with Gasteiger partial charge in [-0.15, -0.1) is 0 Å². The number of hydrogen-bond donors (Lipinski definition) is 1. The zero-order valence-corrected chi connectivity index (χ0v) is 8.14. The lowest BCUT2D eigenvalue weighted by molar-refractivity contribution is -0.108. The highest BCUT2D eigenvalue weighted by Crippen LogP contribution is 2.20. The molecule has 0 aliphatic heterocycles. The Labute approximate surface area is 83.3 Å². The quantitative estimate of drug-likeness (QED) is 0.720. The molecule has 76 valence electrons. The molecule has 0 fully saturated rings. The Kier molecular flexibility index (Phi) is 4.13. The molecule has 1 unspecified atom stereocenters. The number of ether oxygens (including phenoxy) is 1. The maximum Gasteiger partial charge on any atom is 0.120 e. The number of carbonyl (C=O) groups is 1. The maximum absolute atomic E-state index is 10.3. The lowest BCUT2D eigenvalue weighted by atomic mass is 9.97. The molecule has 0 heterocycles. The van der Waals surface area contributed by atoms with Gasteiger partial charge in [0.25, 0.3) is 0 Å². The van der Waals surface area contributed by atoms with Crippen LogP contribution in [0.4, 0.5) is 0 Å². The van der Waals surface area contributed by atoms with Gasteiger partial charge in [-0.05, 0) is 17.7 Å². The van der Waals surface area contributed by atoms with E-state index in [1.54, 1.807) is 7.11 Å². The van der Waals surface area contributed by atoms with Gasteiger partial charge >= 0.3 is 0 Å². The predicted molar refractivity (Wildman–Crippen MR) is 53.5 cm³/mol. The van der Waals surface area contributed by atoms with Crippen LogP contribution in [0.2, 0.25) is 0 Å². The van der Waals surface area contributed by atoms with E-state index in [2.05, 4.69) is 0 Å². The van der Waals surface area contributed by atoms with Gasteiger partial charge in [0.2, 0.25) is 0 Å². The smallest absolute Gasteiger partial charge is 0.120 e. The summed E-state index contributed by atoms with van der Waals surface area (Å²) in [6.07, 6.45) is 1.17. The van der Waals surface area contributed by atoms with Crippen LogP contribution in [0.15, 0.2) is 24.3 Å². The molecule has 1 aromatic carbocycles. The van der Waals surface area contributed by atoms with E-state index < -0.39 is 0 Å². The molecule has 1 N–H and O–H groups in total. The molecule has 1 aromatic rings. The highest BCUT2D eigenvalue weighted by Gasteiger charge is 2.09. The van der Waals surface area contributed by atoms with Crippen molar-refractivity contribution in [3.05, 3.63) is 29.8 Å². The largest absolute Gasteiger partial charge is 0.497 e. The number of aliphatic hydroxyl groups is 1. The Hall–Kier alpha value is -1.35. The number of aliphatic hydroxyl groups excluding tert-OH is 1. The van der Waals surface area contributed by atoms with Crippen molar-refractivity contribution in [3.63, 3.8) is 0 Å².